The number of nitrogens with two attached hydrogens (primary N) is 1. The third-order valence-electron chi connectivity index (χ3n) is 3.62. The Balaban J connectivity index is 2.00. The highest BCUT2D eigenvalue weighted by Crippen LogP contribution is 2.37. The van der Waals surface area contributed by atoms with E-state index < -0.39 is 0 Å². The molecule has 19 heavy (non-hydrogen) atoms. The molecule has 2 N–H and O–H groups in total. The van der Waals surface area contributed by atoms with Crippen molar-refractivity contribution in [2.24, 2.45) is 0 Å². The maximum Gasteiger partial charge on any atom is 0.175 e. The molecule has 4 nitrogen and oxygen atoms in total. The molecule has 1 unspecified atom stereocenters. The molecule has 0 bridgehead atoms. The van der Waals surface area contributed by atoms with Crippen molar-refractivity contribution in [1.82, 2.24) is 5.16 Å². The number of benzene rings is 1. The van der Waals surface area contributed by atoms with Crippen molar-refractivity contribution in [3.05, 3.63) is 35.6 Å². The topological polar surface area (TPSA) is 61.3 Å². The maximum absolute atomic E-state index is 5.97. The molecule has 0 radical (unpaired) electrons. The molecule has 100 valence electrons. The molecule has 0 aliphatic carbocycles. The molecule has 0 spiro atoms. The first-order valence-electron chi connectivity index (χ1n) is 6.65. The molecule has 1 saturated heterocycles. The van der Waals surface area contributed by atoms with Gasteiger partial charge in [-0.15, -0.1) is 0 Å². The second kappa shape index (κ2) is 5.05. The van der Waals surface area contributed by atoms with E-state index in [-0.39, 0.29) is 5.92 Å². The molecule has 2 heterocycles. The Hall–Kier alpha value is -1.81. The lowest BCUT2D eigenvalue weighted by Crippen LogP contribution is -2.15. The number of hydrogen-bond donors (Lipinski definition) is 1. The SMILES string of the molecule is Cc1ccc(-c2c(N)noc2C2CCCOC2)cc1. The van der Waals surface area contributed by atoms with Crippen LogP contribution < -0.4 is 5.73 Å². The zero-order valence-electron chi connectivity index (χ0n) is 11.1. The molecular weight excluding hydrogens is 240 g/mol. The minimum Gasteiger partial charge on any atom is -0.381 e. The second-order valence-electron chi connectivity index (χ2n) is 5.09. The Morgan fingerprint density at radius 2 is 2.05 bits per heavy atom. The molecule has 0 amide bonds. The Labute approximate surface area is 112 Å². The van der Waals surface area contributed by atoms with Gasteiger partial charge in [-0.3, -0.25) is 0 Å². The molecular formula is C15H18N2O2. The van der Waals surface area contributed by atoms with Gasteiger partial charge < -0.3 is 15.0 Å². The molecule has 4 heteroatoms. The fourth-order valence-corrected chi connectivity index (χ4v) is 2.55. The normalized spacial score (nSPS) is 19.5. The number of hydrogen-bond acceptors (Lipinski definition) is 4. The highest BCUT2D eigenvalue weighted by Gasteiger charge is 2.26. The van der Waals surface area contributed by atoms with Crippen molar-refractivity contribution in [3.8, 4) is 11.1 Å². The van der Waals surface area contributed by atoms with Crippen LogP contribution in [0.25, 0.3) is 11.1 Å². The van der Waals surface area contributed by atoms with Gasteiger partial charge in [-0.05, 0) is 25.3 Å². The van der Waals surface area contributed by atoms with Crippen LogP contribution in [0.5, 0.6) is 0 Å². The summed E-state index contributed by atoms with van der Waals surface area (Å²) in [6.07, 6.45) is 2.12. The molecule has 0 saturated carbocycles. The van der Waals surface area contributed by atoms with Crippen LogP contribution in [0.2, 0.25) is 0 Å². The third kappa shape index (κ3) is 2.36. The predicted molar refractivity (Wildman–Crippen MR) is 73.9 cm³/mol. The average Bonchev–Trinajstić information content (AvgIpc) is 2.83. The molecule has 3 rings (SSSR count). The monoisotopic (exact) mass is 258 g/mol. The molecule has 2 aromatic rings. The highest BCUT2D eigenvalue weighted by atomic mass is 16.5. The third-order valence-corrected chi connectivity index (χ3v) is 3.62. The van der Waals surface area contributed by atoms with Gasteiger partial charge in [0, 0.05) is 12.5 Å². The number of nitrogen functional groups attached to an aromatic ring is 1. The van der Waals surface area contributed by atoms with E-state index in [1.54, 1.807) is 0 Å². The number of nitrogens with zero attached hydrogens (tertiary/aromatic N) is 1. The van der Waals surface area contributed by atoms with Crippen LogP contribution in [0.1, 0.15) is 30.1 Å². The van der Waals surface area contributed by atoms with Gasteiger partial charge in [0.1, 0.15) is 0 Å². The van der Waals surface area contributed by atoms with E-state index in [1.807, 2.05) is 0 Å². The summed E-state index contributed by atoms with van der Waals surface area (Å²) in [5, 5.41) is 3.94. The second-order valence-corrected chi connectivity index (χ2v) is 5.09. The lowest BCUT2D eigenvalue weighted by atomic mass is 9.93. The first-order valence-corrected chi connectivity index (χ1v) is 6.65. The smallest absolute Gasteiger partial charge is 0.175 e. The average molecular weight is 258 g/mol. The van der Waals surface area contributed by atoms with E-state index >= 15 is 0 Å². The van der Waals surface area contributed by atoms with Crippen LogP contribution in [0.15, 0.2) is 28.8 Å². The summed E-state index contributed by atoms with van der Waals surface area (Å²) in [5.74, 6) is 1.58. The van der Waals surface area contributed by atoms with Gasteiger partial charge in [0.15, 0.2) is 11.6 Å². The van der Waals surface area contributed by atoms with Crippen LogP contribution >= 0.6 is 0 Å². The minimum absolute atomic E-state index is 0.259. The first kappa shape index (κ1) is 12.2. The summed E-state index contributed by atoms with van der Waals surface area (Å²) in [6.45, 7) is 3.59. The number of aromatic nitrogens is 1. The van der Waals surface area contributed by atoms with E-state index in [2.05, 4.69) is 36.3 Å². The van der Waals surface area contributed by atoms with E-state index in [1.165, 1.54) is 5.56 Å². The van der Waals surface area contributed by atoms with Crippen molar-refractivity contribution in [2.75, 3.05) is 18.9 Å². The number of rotatable bonds is 2. The van der Waals surface area contributed by atoms with Gasteiger partial charge >= 0.3 is 0 Å². The van der Waals surface area contributed by atoms with E-state index in [9.17, 15) is 0 Å². The van der Waals surface area contributed by atoms with Gasteiger partial charge in [-0.25, -0.2) is 0 Å². The van der Waals surface area contributed by atoms with Crippen molar-refractivity contribution in [3.63, 3.8) is 0 Å². The van der Waals surface area contributed by atoms with E-state index in [0.29, 0.717) is 12.4 Å². The van der Waals surface area contributed by atoms with Crippen molar-refractivity contribution >= 4 is 5.82 Å². The standard InChI is InChI=1S/C15H18N2O2/c1-10-4-6-11(7-5-10)13-14(19-17-15(13)16)12-3-2-8-18-9-12/h4-7,12H,2-3,8-9H2,1H3,(H2,16,17). The van der Waals surface area contributed by atoms with Crippen LogP contribution in [0.3, 0.4) is 0 Å². The molecule has 1 aromatic heterocycles. The quantitative estimate of drug-likeness (QED) is 0.899. The maximum atomic E-state index is 5.97. The van der Waals surface area contributed by atoms with Crippen LogP contribution in [0, 0.1) is 6.92 Å². The molecule has 1 atom stereocenters. The first-order chi connectivity index (χ1) is 9.25. The summed E-state index contributed by atoms with van der Waals surface area (Å²) in [5.41, 5.74) is 9.18. The lowest BCUT2D eigenvalue weighted by molar-refractivity contribution is 0.0723. The highest BCUT2D eigenvalue weighted by molar-refractivity contribution is 5.76. The largest absolute Gasteiger partial charge is 0.381 e. The summed E-state index contributed by atoms with van der Waals surface area (Å²) >= 11 is 0. The number of aryl methyl sites for hydroxylation is 1. The molecule has 1 aliphatic heterocycles. The van der Waals surface area contributed by atoms with Crippen LogP contribution in [-0.2, 0) is 4.74 Å². The summed E-state index contributed by atoms with van der Waals surface area (Å²) in [4.78, 5) is 0. The lowest BCUT2D eigenvalue weighted by Gasteiger charge is -2.20. The Bertz CT molecular complexity index is 554. The van der Waals surface area contributed by atoms with E-state index in [4.69, 9.17) is 15.0 Å². The summed E-state index contributed by atoms with van der Waals surface area (Å²) < 4.78 is 11.0. The minimum atomic E-state index is 0.259. The molecule has 1 fully saturated rings. The van der Waals surface area contributed by atoms with E-state index in [0.717, 1.165) is 36.3 Å². The number of ether oxygens (including phenoxy) is 1. The fourth-order valence-electron chi connectivity index (χ4n) is 2.55. The Kier molecular flexibility index (Phi) is 3.25. The van der Waals surface area contributed by atoms with Crippen molar-refractivity contribution in [2.45, 2.75) is 25.7 Å². The van der Waals surface area contributed by atoms with Gasteiger partial charge in [-0.2, -0.15) is 0 Å². The van der Waals surface area contributed by atoms with Crippen LogP contribution in [-0.4, -0.2) is 18.4 Å². The Morgan fingerprint density at radius 3 is 2.74 bits per heavy atom. The van der Waals surface area contributed by atoms with Crippen molar-refractivity contribution in [1.29, 1.82) is 0 Å². The van der Waals surface area contributed by atoms with Gasteiger partial charge in [0.2, 0.25) is 0 Å². The molecule has 1 aliphatic rings. The van der Waals surface area contributed by atoms with Gasteiger partial charge in [0.25, 0.3) is 0 Å². The van der Waals surface area contributed by atoms with Gasteiger partial charge in [0.05, 0.1) is 12.2 Å². The van der Waals surface area contributed by atoms with Crippen molar-refractivity contribution < 1.29 is 9.26 Å². The zero-order chi connectivity index (χ0) is 13.2. The zero-order valence-corrected chi connectivity index (χ0v) is 11.1. The van der Waals surface area contributed by atoms with Crippen LogP contribution in [0.4, 0.5) is 5.82 Å². The number of anilines is 1. The van der Waals surface area contributed by atoms with Gasteiger partial charge in [-0.1, -0.05) is 35.0 Å². The summed E-state index contributed by atoms with van der Waals surface area (Å²) in [6, 6.07) is 8.27. The Morgan fingerprint density at radius 1 is 1.26 bits per heavy atom. The fraction of sp³-hybridized carbons (Fsp3) is 0.400. The summed E-state index contributed by atoms with van der Waals surface area (Å²) in [7, 11) is 0. The predicted octanol–water partition coefficient (Wildman–Crippen LogP) is 3.13. The molecule has 1 aromatic carbocycles.